The summed E-state index contributed by atoms with van der Waals surface area (Å²) in [6, 6.07) is 14.6. The van der Waals surface area contributed by atoms with Crippen LogP contribution in [0.1, 0.15) is 41.3 Å². The lowest BCUT2D eigenvalue weighted by atomic mass is 9.89. The molecule has 0 bridgehead atoms. The third kappa shape index (κ3) is 2.33. The Bertz CT molecular complexity index is 995. The Morgan fingerprint density at radius 1 is 1.08 bits per heavy atom. The standard InChI is InChI=1S/C22H22N2O2/c1-22(10-3-11-23-22)15-8-6-14(7-9-15)21-17-12-26-13-19(25)16-4-2-5-18(24-21)20(16)17/h2,4-9,23-24H,3,10-13H2,1H3. The second kappa shape index (κ2) is 5.79. The molecule has 0 spiro atoms. The van der Waals surface area contributed by atoms with Gasteiger partial charge in [0, 0.05) is 27.6 Å². The molecule has 2 aromatic carbocycles. The number of Topliss-reactive ketones (excluding diaryl/α,β-unsaturated/α-hetero) is 1. The number of H-pyrrole nitrogens is 1. The van der Waals surface area contributed by atoms with Crippen molar-refractivity contribution in [2.24, 2.45) is 0 Å². The number of aromatic amines is 1. The lowest BCUT2D eigenvalue weighted by molar-refractivity contribution is 0.0742. The summed E-state index contributed by atoms with van der Waals surface area (Å²) < 4.78 is 5.64. The number of carbonyl (C=O) groups excluding carboxylic acids is 1. The molecule has 0 aliphatic carbocycles. The molecular formula is C22H22N2O2. The zero-order valence-electron chi connectivity index (χ0n) is 14.9. The minimum absolute atomic E-state index is 0.0514. The van der Waals surface area contributed by atoms with Crippen LogP contribution in [0.25, 0.3) is 22.2 Å². The molecule has 26 heavy (non-hydrogen) atoms. The topological polar surface area (TPSA) is 54.1 Å². The Morgan fingerprint density at radius 3 is 2.69 bits per heavy atom. The van der Waals surface area contributed by atoms with Crippen LogP contribution >= 0.6 is 0 Å². The van der Waals surface area contributed by atoms with Gasteiger partial charge in [0.25, 0.3) is 0 Å². The van der Waals surface area contributed by atoms with Crippen LogP contribution in [-0.4, -0.2) is 23.9 Å². The Morgan fingerprint density at radius 2 is 1.92 bits per heavy atom. The van der Waals surface area contributed by atoms with Gasteiger partial charge < -0.3 is 15.0 Å². The van der Waals surface area contributed by atoms with Crippen LogP contribution in [0.15, 0.2) is 42.5 Å². The van der Waals surface area contributed by atoms with Crippen LogP contribution in [0.2, 0.25) is 0 Å². The highest BCUT2D eigenvalue weighted by molar-refractivity contribution is 6.11. The van der Waals surface area contributed by atoms with Crippen molar-refractivity contribution in [2.75, 3.05) is 13.2 Å². The van der Waals surface area contributed by atoms with Crippen LogP contribution in [0.3, 0.4) is 0 Å². The second-order valence-electron chi connectivity index (χ2n) is 7.56. The van der Waals surface area contributed by atoms with Gasteiger partial charge in [0.1, 0.15) is 6.61 Å². The van der Waals surface area contributed by atoms with Gasteiger partial charge in [-0.15, -0.1) is 0 Å². The molecule has 1 atom stereocenters. The molecule has 2 N–H and O–H groups in total. The molecule has 132 valence electrons. The summed E-state index contributed by atoms with van der Waals surface area (Å²) in [7, 11) is 0. The van der Waals surface area contributed by atoms with Gasteiger partial charge in [-0.05, 0) is 43.5 Å². The molecule has 0 amide bonds. The second-order valence-corrected chi connectivity index (χ2v) is 7.56. The van der Waals surface area contributed by atoms with Crippen molar-refractivity contribution in [2.45, 2.75) is 31.9 Å². The van der Waals surface area contributed by atoms with Gasteiger partial charge in [0.15, 0.2) is 5.78 Å². The largest absolute Gasteiger partial charge is 0.369 e. The number of aromatic nitrogens is 1. The van der Waals surface area contributed by atoms with E-state index in [4.69, 9.17) is 4.74 Å². The van der Waals surface area contributed by atoms with E-state index in [1.165, 1.54) is 18.4 Å². The van der Waals surface area contributed by atoms with Gasteiger partial charge in [-0.25, -0.2) is 0 Å². The molecule has 4 nitrogen and oxygen atoms in total. The van der Waals surface area contributed by atoms with E-state index in [0.29, 0.717) is 6.61 Å². The fourth-order valence-corrected chi connectivity index (χ4v) is 4.41. The lowest BCUT2D eigenvalue weighted by Crippen LogP contribution is -2.32. The predicted molar refractivity (Wildman–Crippen MR) is 102 cm³/mol. The molecule has 3 heterocycles. The summed E-state index contributed by atoms with van der Waals surface area (Å²) in [5.41, 5.74) is 6.43. The molecule has 1 aromatic heterocycles. The van der Waals surface area contributed by atoms with Crippen LogP contribution in [0, 0.1) is 0 Å². The summed E-state index contributed by atoms with van der Waals surface area (Å²) in [4.78, 5) is 15.8. The van der Waals surface area contributed by atoms with Crippen molar-refractivity contribution in [3.05, 3.63) is 59.2 Å². The first-order valence-corrected chi connectivity index (χ1v) is 9.26. The third-order valence-electron chi connectivity index (χ3n) is 5.89. The molecule has 0 radical (unpaired) electrons. The number of ketones is 1. The average Bonchev–Trinajstić information content (AvgIpc) is 3.22. The SMILES string of the molecule is CC1(c2ccc(-c3[nH]c4cccc5c4c3COCC5=O)cc2)CCCN1. The number of rotatable bonds is 2. The van der Waals surface area contributed by atoms with Gasteiger partial charge >= 0.3 is 0 Å². The first-order valence-electron chi connectivity index (χ1n) is 9.26. The molecule has 1 fully saturated rings. The minimum atomic E-state index is 0.0514. The maximum atomic E-state index is 12.3. The Hall–Kier alpha value is -2.43. The Balaban J connectivity index is 1.62. The van der Waals surface area contributed by atoms with Gasteiger partial charge in [0.05, 0.1) is 12.3 Å². The molecule has 1 saturated heterocycles. The predicted octanol–water partition coefficient (Wildman–Crippen LogP) is 4.15. The highest BCUT2D eigenvalue weighted by Crippen LogP contribution is 2.36. The Labute approximate surface area is 152 Å². The zero-order valence-corrected chi connectivity index (χ0v) is 14.9. The number of hydrogen-bond acceptors (Lipinski definition) is 3. The normalized spacial score (nSPS) is 22.7. The van der Waals surface area contributed by atoms with Gasteiger partial charge in [-0.2, -0.15) is 0 Å². The monoisotopic (exact) mass is 346 g/mol. The number of benzene rings is 2. The number of ether oxygens (including phenoxy) is 1. The van der Waals surface area contributed by atoms with Crippen molar-refractivity contribution >= 4 is 16.7 Å². The van der Waals surface area contributed by atoms with E-state index >= 15 is 0 Å². The summed E-state index contributed by atoms with van der Waals surface area (Å²) in [5.74, 6) is 0.0514. The minimum Gasteiger partial charge on any atom is -0.369 e. The van der Waals surface area contributed by atoms with E-state index in [1.54, 1.807) is 0 Å². The van der Waals surface area contributed by atoms with Gasteiger partial charge in [-0.1, -0.05) is 36.4 Å². The quantitative estimate of drug-likeness (QED) is 0.733. The molecule has 5 rings (SSSR count). The summed E-state index contributed by atoms with van der Waals surface area (Å²) >= 11 is 0. The van der Waals surface area contributed by atoms with E-state index in [0.717, 1.165) is 39.8 Å². The summed E-state index contributed by atoms with van der Waals surface area (Å²) in [6.45, 7) is 3.96. The van der Waals surface area contributed by atoms with Crippen molar-refractivity contribution in [3.63, 3.8) is 0 Å². The smallest absolute Gasteiger partial charge is 0.189 e. The maximum absolute atomic E-state index is 12.3. The van der Waals surface area contributed by atoms with Crippen LogP contribution in [0.5, 0.6) is 0 Å². The third-order valence-corrected chi connectivity index (χ3v) is 5.89. The fraction of sp³-hybridized carbons (Fsp3) is 0.318. The van der Waals surface area contributed by atoms with E-state index in [2.05, 4.69) is 41.5 Å². The van der Waals surface area contributed by atoms with E-state index in [-0.39, 0.29) is 17.9 Å². The highest BCUT2D eigenvalue weighted by atomic mass is 16.5. The molecule has 3 aromatic rings. The van der Waals surface area contributed by atoms with E-state index in [9.17, 15) is 4.79 Å². The van der Waals surface area contributed by atoms with Crippen molar-refractivity contribution in [1.29, 1.82) is 0 Å². The van der Waals surface area contributed by atoms with Crippen LogP contribution < -0.4 is 5.32 Å². The number of hydrogen-bond donors (Lipinski definition) is 2. The van der Waals surface area contributed by atoms with Gasteiger partial charge in [-0.3, -0.25) is 4.79 Å². The van der Waals surface area contributed by atoms with Crippen LogP contribution in [-0.2, 0) is 16.9 Å². The zero-order chi connectivity index (χ0) is 17.7. The molecule has 2 aliphatic heterocycles. The van der Waals surface area contributed by atoms with E-state index in [1.807, 2.05) is 18.2 Å². The number of nitrogens with one attached hydrogen (secondary N) is 2. The van der Waals surface area contributed by atoms with Crippen molar-refractivity contribution in [1.82, 2.24) is 10.3 Å². The fourth-order valence-electron chi connectivity index (χ4n) is 4.41. The van der Waals surface area contributed by atoms with Crippen molar-refractivity contribution in [3.8, 4) is 11.3 Å². The Kier molecular flexibility index (Phi) is 3.52. The summed E-state index contributed by atoms with van der Waals surface area (Å²) in [5, 5.41) is 4.63. The average molecular weight is 346 g/mol. The first-order chi connectivity index (χ1) is 12.7. The molecule has 0 saturated carbocycles. The highest BCUT2D eigenvalue weighted by Gasteiger charge is 2.30. The first kappa shape index (κ1) is 15.8. The van der Waals surface area contributed by atoms with Crippen molar-refractivity contribution < 1.29 is 9.53 Å². The summed E-state index contributed by atoms with van der Waals surface area (Å²) in [6.07, 6.45) is 2.39. The maximum Gasteiger partial charge on any atom is 0.189 e. The van der Waals surface area contributed by atoms with Crippen LogP contribution in [0.4, 0.5) is 0 Å². The van der Waals surface area contributed by atoms with Gasteiger partial charge in [0.2, 0.25) is 0 Å². The molecule has 2 aliphatic rings. The molecular weight excluding hydrogens is 324 g/mol. The molecule has 1 unspecified atom stereocenters. The molecule has 4 heteroatoms. The number of carbonyl (C=O) groups is 1. The lowest BCUT2D eigenvalue weighted by Gasteiger charge is -2.25. The van der Waals surface area contributed by atoms with E-state index < -0.39 is 0 Å².